The summed E-state index contributed by atoms with van der Waals surface area (Å²) in [5.74, 6) is 0.845. The standard InChI is InChI=1S/C14H16ClNOS/c1-2-16-14(11-7-8-18-10-11)9-17-13-5-3-12(15)4-6-13/h3-8,10,14,16H,2,9H2,1H3. The van der Waals surface area contributed by atoms with E-state index < -0.39 is 0 Å². The highest BCUT2D eigenvalue weighted by Gasteiger charge is 2.11. The molecule has 0 fully saturated rings. The summed E-state index contributed by atoms with van der Waals surface area (Å²) in [4.78, 5) is 0. The summed E-state index contributed by atoms with van der Waals surface area (Å²) in [7, 11) is 0. The highest BCUT2D eigenvalue weighted by Crippen LogP contribution is 2.20. The number of nitrogens with one attached hydrogen (secondary N) is 1. The van der Waals surface area contributed by atoms with Crippen molar-refractivity contribution in [1.82, 2.24) is 5.32 Å². The Morgan fingerprint density at radius 3 is 2.67 bits per heavy atom. The lowest BCUT2D eigenvalue weighted by Crippen LogP contribution is -2.26. The highest BCUT2D eigenvalue weighted by molar-refractivity contribution is 7.07. The molecule has 96 valence electrons. The first-order valence-electron chi connectivity index (χ1n) is 5.93. The fourth-order valence-corrected chi connectivity index (χ4v) is 2.54. The zero-order valence-electron chi connectivity index (χ0n) is 10.2. The molecule has 4 heteroatoms. The maximum Gasteiger partial charge on any atom is 0.119 e. The van der Waals surface area contributed by atoms with Gasteiger partial charge in [0, 0.05) is 5.02 Å². The van der Waals surface area contributed by atoms with Crippen LogP contribution in [0.3, 0.4) is 0 Å². The molecule has 2 rings (SSSR count). The molecule has 2 nitrogen and oxygen atoms in total. The van der Waals surface area contributed by atoms with E-state index in [0.717, 1.165) is 17.3 Å². The molecule has 0 saturated heterocycles. The summed E-state index contributed by atoms with van der Waals surface area (Å²) in [6.07, 6.45) is 0. The molecule has 0 aliphatic carbocycles. The summed E-state index contributed by atoms with van der Waals surface area (Å²) in [6, 6.07) is 9.81. The minimum absolute atomic E-state index is 0.233. The van der Waals surface area contributed by atoms with Gasteiger partial charge in [0.25, 0.3) is 0 Å². The molecule has 0 radical (unpaired) electrons. The molecule has 1 unspecified atom stereocenters. The fourth-order valence-electron chi connectivity index (χ4n) is 1.70. The van der Waals surface area contributed by atoms with E-state index in [1.54, 1.807) is 11.3 Å². The van der Waals surface area contributed by atoms with Gasteiger partial charge in [0.1, 0.15) is 12.4 Å². The zero-order chi connectivity index (χ0) is 12.8. The molecule has 1 atom stereocenters. The van der Waals surface area contributed by atoms with Crippen molar-refractivity contribution < 1.29 is 4.74 Å². The van der Waals surface area contributed by atoms with E-state index in [1.807, 2.05) is 24.3 Å². The predicted molar refractivity (Wildman–Crippen MR) is 77.7 cm³/mol. The molecule has 0 bridgehead atoms. The van der Waals surface area contributed by atoms with Gasteiger partial charge in [0.2, 0.25) is 0 Å². The van der Waals surface area contributed by atoms with E-state index in [1.165, 1.54) is 5.56 Å². The fraction of sp³-hybridized carbons (Fsp3) is 0.286. The summed E-state index contributed by atoms with van der Waals surface area (Å²) < 4.78 is 5.78. The number of thiophene rings is 1. The second kappa shape index (κ2) is 6.78. The van der Waals surface area contributed by atoms with Crippen molar-refractivity contribution in [3.8, 4) is 5.75 Å². The van der Waals surface area contributed by atoms with Gasteiger partial charge in [-0.3, -0.25) is 0 Å². The number of ether oxygens (including phenoxy) is 1. The van der Waals surface area contributed by atoms with E-state index in [-0.39, 0.29) is 6.04 Å². The molecular weight excluding hydrogens is 266 g/mol. The lowest BCUT2D eigenvalue weighted by Gasteiger charge is -2.17. The van der Waals surface area contributed by atoms with Crippen LogP contribution >= 0.6 is 22.9 Å². The molecule has 1 aromatic carbocycles. The molecule has 1 aromatic heterocycles. The van der Waals surface area contributed by atoms with Gasteiger partial charge in [-0.2, -0.15) is 11.3 Å². The molecule has 0 amide bonds. The van der Waals surface area contributed by atoms with Gasteiger partial charge in [0.15, 0.2) is 0 Å². The second-order valence-corrected chi connectivity index (χ2v) is 5.15. The van der Waals surface area contributed by atoms with Gasteiger partial charge in [-0.1, -0.05) is 18.5 Å². The van der Waals surface area contributed by atoms with Crippen LogP contribution in [-0.4, -0.2) is 13.2 Å². The van der Waals surface area contributed by atoms with Crippen molar-refractivity contribution in [2.45, 2.75) is 13.0 Å². The number of rotatable bonds is 6. The van der Waals surface area contributed by atoms with Crippen molar-refractivity contribution in [3.63, 3.8) is 0 Å². The largest absolute Gasteiger partial charge is 0.492 e. The Morgan fingerprint density at radius 1 is 1.28 bits per heavy atom. The third-order valence-corrected chi connectivity index (χ3v) is 3.58. The first-order valence-corrected chi connectivity index (χ1v) is 7.25. The van der Waals surface area contributed by atoms with Crippen molar-refractivity contribution in [2.75, 3.05) is 13.2 Å². The lowest BCUT2D eigenvalue weighted by molar-refractivity contribution is 0.268. The van der Waals surface area contributed by atoms with E-state index in [9.17, 15) is 0 Å². The summed E-state index contributed by atoms with van der Waals surface area (Å²) in [6.45, 7) is 3.64. The van der Waals surface area contributed by atoms with Crippen molar-refractivity contribution >= 4 is 22.9 Å². The van der Waals surface area contributed by atoms with Crippen molar-refractivity contribution in [3.05, 3.63) is 51.7 Å². The first kappa shape index (κ1) is 13.4. The van der Waals surface area contributed by atoms with Crippen molar-refractivity contribution in [2.24, 2.45) is 0 Å². The van der Waals surface area contributed by atoms with E-state index in [4.69, 9.17) is 16.3 Å². The van der Waals surface area contributed by atoms with Crippen LogP contribution in [-0.2, 0) is 0 Å². The van der Waals surface area contributed by atoms with Crippen LogP contribution in [0.2, 0.25) is 5.02 Å². The third kappa shape index (κ3) is 3.73. The molecule has 0 spiro atoms. The molecule has 1 N–H and O–H groups in total. The van der Waals surface area contributed by atoms with Crippen LogP contribution in [0, 0.1) is 0 Å². The smallest absolute Gasteiger partial charge is 0.119 e. The Balaban J connectivity index is 1.95. The first-order chi connectivity index (χ1) is 8.79. The predicted octanol–water partition coefficient (Wildman–Crippen LogP) is 4.13. The highest BCUT2D eigenvalue weighted by atomic mass is 35.5. The van der Waals surface area contributed by atoms with Gasteiger partial charge in [0.05, 0.1) is 6.04 Å². The number of hydrogen-bond acceptors (Lipinski definition) is 3. The van der Waals surface area contributed by atoms with Crippen LogP contribution in [0.1, 0.15) is 18.5 Å². The Bertz CT molecular complexity index is 455. The van der Waals surface area contributed by atoms with Crippen LogP contribution in [0.25, 0.3) is 0 Å². The second-order valence-electron chi connectivity index (χ2n) is 3.93. The topological polar surface area (TPSA) is 21.3 Å². The van der Waals surface area contributed by atoms with Crippen LogP contribution in [0.4, 0.5) is 0 Å². The Kier molecular flexibility index (Phi) is 5.05. The molecule has 0 aliphatic heterocycles. The average Bonchev–Trinajstić information content (AvgIpc) is 2.90. The van der Waals surface area contributed by atoms with Crippen LogP contribution in [0.5, 0.6) is 5.75 Å². The Labute approximate surface area is 117 Å². The average molecular weight is 282 g/mol. The van der Waals surface area contributed by atoms with Gasteiger partial charge in [-0.15, -0.1) is 0 Å². The zero-order valence-corrected chi connectivity index (χ0v) is 11.8. The van der Waals surface area contributed by atoms with Crippen molar-refractivity contribution in [1.29, 1.82) is 0 Å². The van der Waals surface area contributed by atoms with E-state index in [0.29, 0.717) is 6.61 Å². The molecule has 2 aromatic rings. The maximum atomic E-state index is 5.84. The number of halogens is 1. The normalized spacial score (nSPS) is 12.3. The molecule has 18 heavy (non-hydrogen) atoms. The molecule has 1 heterocycles. The van der Waals surface area contributed by atoms with Crippen LogP contribution in [0.15, 0.2) is 41.1 Å². The lowest BCUT2D eigenvalue weighted by atomic mass is 10.1. The third-order valence-electron chi connectivity index (χ3n) is 2.63. The summed E-state index contributed by atoms with van der Waals surface area (Å²) in [5.41, 5.74) is 1.27. The monoisotopic (exact) mass is 281 g/mol. The molecular formula is C14H16ClNOS. The Morgan fingerprint density at radius 2 is 2.06 bits per heavy atom. The number of hydrogen-bond donors (Lipinski definition) is 1. The minimum Gasteiger partial charge on any atom is -0.492 e. The molecule has 0 saturated carbocycles. The van der Waals surface area contributed by atoms with Gasteiger partial charge >= 0.3 is 0 Å². The van der Waals surface area contributed by atoms with Gasteiger partial charge < -0.3 is 10.1 Å². The van der Waals surface area contributed by atoms with E-state index >= 15 is 0 Å². The quantitative estimate of drug-likeness (QED) is 0.859. The maximum absolute atomic E-state index is 5.84. The number of benzene rings is 1. The SMILES string of the molecule is CCNC(COc1ccc(Cl)cc1)c1ccsc1. The summed E-state index contributed by atoms with van der Waals surface area (Å²) >= 11 is 7.54. The number of likely N-dealkylation sites (N-methyl/N-ethyl adjacent to an activating group) is 1. The minimum atomic E-state index is 0.233. The van der Waals surface area contributed by atoms with Gasteiger partial charge in [-0.25, -0.2) is 0 Å². The van der Waals surface area contributed by atoms with Crippen LogP contribution < -0.4 is 10.1 Å². The van der Waals surface area contributed by atoms with E-state index in [2.05, 4.69) is 29.1 Å². The summed E-state index contributed by atoms with van der Waals surface area (Å²) in [5, 5.41) is 8.38. The molecule has 0 aliphatic rings. The Hall–Kier alpha value is -1.03. The van der Waals surface area contributed by atoms with Gasteiger partial charge in [-0.05, 0) is 53.2 Å².